The van der Waals surface area contributed by atoms with Crippen molar-refractivity contribution in [1.29, 1.82) is 0 Å². The second-order valence-electron chi connectivity index (χ2n) is 8.29. The normalized spacial score (nSPS) is 14.0. The van der Waals surface area contributed by atoms with Crippen LogP contribution < -0.4 is 9.64 Å². The standard InChI is InChI=1S/C26H27N5O2/c1-18-17-21(24-19(2)28-31(25(24)27-18)20-9-5-4-6-10-20)26(32)30-15-13-29(14-16-30)22-11-7-8-12-23(22)33-3/h4-12,17H,13-16H2,1-3H3. The first kappa shape index (κ1) is 21.0. The van der Waals surface area contributed by atoms with Crippen molar-refractivity contribution in [2.45, 2.75) is 13.8 Å². The highest BCUT2D eigenvalue weighted by Crippen LogP contribution is 2.30. The van der Waals surface area contributed by atoms with Gasteiger partial charge in [-0.25, -0.2) is 9.67 Å². The van der Waals surface area contributed by atoms with Crippen molar-refractivity contribution in [3.8, 4) is 11.4 Å². The maximum Gasteiger partial charge on any atom is 0.254 e. The van der Waals surface area contributed by atoms with Crippen LogP contribution in [0.1, 0.15) is 21.7 Å². The van der Waals surface area contributed by atoms with Crippen LogP contribution in [-0.4, -0.2) is 58.9 Å². The second kappa shape index (κ2) is 8.58. The van der Waals surface area contributed by atoms with E-state index in [1.807, 2.05) is 78.0 Å². The van der Waals surface area contributed by atoms with Gasteiger partial charge in [0.1, 0.15) is 5.75 Å². The summed E-state index contributed by atoms with van der Waals surface area (Å²) in [6.07, 6.45) is 0. The van der Waals surface area contributed by atoms with Gasteiger partial charge in [-0.15, -0.1) is 0 Å². The molecule has 5 rings (SSSR count). The Balaban J connectivity index is 1.44. The number of aryl methyl sites for hydroxylation is 2. The minimum absolute atomic E-state index is 0.0286. The molecule has 1 amide bonds. The lowest BCUT2D eigenvalue weighted by Gasteiger charge is -2.36. The Hall–Kier alpha value is -3.87. The summed E-state index contributed by atoms with van der Waals surface area (Å²) in [4.78, 5) is 22.6. The molecule has 1 fully saturated rings. The third kappa shape index (κ3) is 3.80. The van der Waals surface area contributed by atoms with Crippen LogP contribution in [0.15, 0.2) is 60.7 Å². The highest BCUT2D eigenvalue weighted by molar-refractivity contribution is 6.06. The zero-order valence-electron chi connectivity index (χ0n) is 19.2. The van der Waals surface area contributed by atoms with E-state index in [1.165, 1.54) is 0 Å². The van der Waals surface area contributed by atoms with E-state index in [-0.39, 0.29) is 5.91 Å². The van der Waals surface area contributed by atoms with Gasteiger partial charge in [-0.1, -0.05) is 30.3 Å². The summed E-state index contributed by atoms with van der Waals surface area (Å²) in [5.41, 5.74) is 4.98. The van der Waals surface area contributed by atoms with Gasteiger partial charge in [-0.3, -0.25) is 4.79 Å². The number of piperazine rings is 1. The Morgan fingerprint density at radius 2 is 1.64 bits per heavy atom. The van der Waals surface area contributed by atoms with Crippen molar-refractivity contribution in [3.05, 3.63) is 77.6 Å². The van der Waals surface area contributed by atoms with E-state index in [0.29, 0.717) is 18.7 Å². The Morgan fingerprint density at radius 3 is 2.36 bits per heavy atom. The van der Waals surface area contributed by atoms with Gasteiger partial charge in [0.25, 0.3) is 5.91 Å². The SMILES string of the molecule is COc1ccccc1N1CCN(C(=O)c2cc(C)nc3c2c(C)nn3-c2ccccc2)CC1. The maximum absolute atomic E-state index is 13.6. The molecule has 1 aliphatic heterocycles. The maximum atomic E-state index is 13.6. The van der Waals surface area contributed by atoms with E-state index in [9.17, 15) is 4.79 Å². The van der Waals surface area contributed by atoms with E-state index >= 15 is 0 Å². The van der Waals surface area contributed by atoms with E-state index in [2.05, 4.69) is 11.0 Å². The molecule has 1 saturated heterocycles. The average Bonchev–Trinajstić information content (AvgIpc) is 3.19. The number of fused-ring (bicyclic) bond motifs is 1. The number of hydrogen-bond acceptors (Lipinski definition) is 5. The first-order valence-corrected chi connectivity index (χ1v) is 11.2. The van der Waals surface area contributed by atoms with Gasteiger partial charge in [0.2, 0.25) is 0 Å². The topological polar surface area (TPSA) is 63.5 Å². The summed E-state index contributed by atoms with van der Waals surface area (Å²) in [7, 11) is 1.69. The molecule has 0 saturated carbocycles. The molecule has 33 heavy (non-hydrogen) atoms. The van der Waals surface area contributed by atoms with E-state index in [1.54, 1.807) is 7.11 Å². The van der Waals surface area contributed by atoms with Crippen LogP contribution in [0.3, 0.4) is 0 Å². The lowest BCUT2D eigenvalue weighted by molar-refractivity contribution is 0.0748. The molecule has 4 aromatic rings. The molecule has 1 aliphatic rings. The largest absolute Gasteiger partial charge is 0.495 e. The quantitative estimate of drug-likeness (QED) is 0.479. The van der Waals surface area contributed by atoms with Crippen molar-refractivity contribution < 1.29 is 9.53 Å². The Bertz CT molecular complexity index is 1310. The highest BCUT2D eigenvalue weighted by Gasteiger charge is 2.27. The molecule has 0 bridgehead atoms. The number of anilines is 1. The fourth-order valence-corrected chi connectivity index (χ4v) is 4.54. The Kier molecular flexibility index (Phi) is 5.46. The van der Waals surface area contributed by atoms with Crippen molar-refractivity contribution in [1.82, 2.24) is 19.7 Å². The predicted molar refractivity (Wildman–Crippen MR) is 129 cm³/mol. The van der Waals surface area contributed by atoms with Gasteiger partial charge in [-0.05, 0) is 44.2 Å². The lowest BCUT2D eigenvalue weighted by Crippen LogP contribution is -2.49. The van der Waals surface area contributed by atoms with Crippen LogP contribution >= 0.6 is 0 Å². The number of pyridine rings is 1. The summed E-state index contributed by atoms with van der Waals surface area (Å²) in [5.74, 6) is 0.883. The molecule has 0 atom stereocenters. The zero-order chi connectivity index (χ0) is 22.9. The number of benzene rings is 2. The van der Waals surface area contributed by atoms with Gasteiger partial charge in [0, 0.05) is 31.9 Å². The van der Waals surface area contributed by atoms with E-state index in [0.717, 1.165) is 52.6 Å². The molecule has 0 spiro atoms. The minimum atomic E-state index is 0.0286. The number of carbonyl (C=O) groups excluding carboxylic acids is 1. The van der Waals surface area contributed by atoms with E-state index in [4.69, 9.17) is 14.8 Å². The molecule has 168 valence electrons. The molecule has 0 aliphatic carbocycles. The number of amides is 1. The molecule has 7 nitrogen and oxygen atoms in total. The van der Waals surface area contributed by atoms with Crippen molar-refractivity contribution in [2.24, 2.45) is 0 Å². The summed E-state index contributed by atoms with van der Waals surface area (Å²) in [5, 5.41) is 5.54. The number of aromatic nitrogens is 3. The van der Waals surface area contributed by atoms with Crippen LogP contribution in [0.25, 0.3) is 16.7 Å². The summed E-state index contributed by atoms with van der Waals surface area (Å²) in [6, 6.07) is 19.8. The monoisotopic (exact) mass is 441 g/mol. The lowest BCUT2D eigenvalue weighted by atomic mass is 10.1. The average molecular weight is 442 g/mol. The Morgan fingerprint density at radius 1 is 0.939 bits per heavy atom. The van der Waals surface area contributed by atoms with Gasteiger partial charge in [0.15, 0.2) is 5.65 Å². The minimum Gasteiger partial charge on any atom is -0.495 e. The number of rotatable bonds is 4. The molecular formula is C26H27N5O2. The third-order valence-electron chi connectivity index (χ3n) is 6.16. The summed E-state index contributed by atoms with van der Waals surface area (Å²) < 4.78 is 7.34. The van der Waals surface area contributed by atoms with Crippen LogP contribution in [0.2, 0.25) is 0 Å². The number of nitrogens with zero attached hydrogens (tertiary/aromatic N) is 5. The summed E-state index contributed by atoms with van der Waals surface area (Å²) >= 11 is 0. The van der Waals surface area contributed by atoms with Gasteiger partial charge >= 0.3 is 0 Å². The Labute approximate surface area is 193 Å². The second-order valence-corrected chi connectivity index (χ2v) is 8.29. The van der Waals surface area contributed by atoms with Crippen LogP contribution in [0.4, 0.5) is 5.69 Å². The molecule has 7 heteroatoms. The van der Waals surface area contributed by atoms with Crippen molar-refractivity contribution in [2.75, 3.05) is 38.2 Å². The number of carbonyl (C=O) groups is 1. The molecular weight excluding hydrogens is 414 g/mol. The number of methoxy groups -OCH3 is 1. The van der Waals surface area contributed by atoms with E-state index < -0.39 is 0 Å². The molecule has 2 aromatic carbocycles. The first-order chi connectivity index (χ1) is 16.1. The van der Waals surface area contributed by atoms with Crippen molar-refractivity contribution in [3.63, 3.8) is 0 Å². The predicted octanol–water partition coefficient (Wildman–Crippen LogP) is 4.01. The molecule has 0 unspecified atom stereocenters. The molecule has 3 heterocycles. The fraction of sp³-hybridized carbons (Fsp3) is 0.269. The highest BCUT2D eigenvalue weighted by atomic mass is 16.5. The van der Waals surface area contributed by atoms with Crippen LogP contribution in [0, 0.1) is 13.8 Å². The van der Waals surface area contributed by atoms with Gasteiger partial charge in [-0.2, -0.15) is 5.10 Å². The number of hydrogen-bond donors (Lipinski definition) is 0. The number of ether oxygens (including phenoxy) is 1. The van der Waals surface area contributed by atoms with Gasteiger partial charge < -0.3 is 14.5 Å². The third-order valence-corrected chi connectivity index (χ3v) is 6.16. The summed E-state index contributed by atoms with van der Waals surface area (Å²) in [6.45, 7) is 6.66. The first-order valence-electron chi connectivity index (χ1n) is 11.2. The van der Waals surface area contributed by atoms with Crippen LogP contribution in [-0.2, 0) is 0 Å². The molecule has 2 aromatic heterocycles. The smallest absolute Gasteiger partial charge is 0.254 e. The number of para-hydroxylation sites is 3. The van der Waals surface area contributed by atoms with Gasteiger partial charge in [0.05, 0.1) is 35.1 Å². The fourth-order valence-electron chi connectivity index (χ4n) is 4.54. The van der Waals surface area contributed by atoms with Crippen molar-refractivity contribution >= 4 is 22.6 Å². The molecule has 0 N–H and O–H groups in total. The molecule has 0 radical (unpaired) electrons. The zero-order valence-corrected chi connectivity index (χ0v) is 19.2. The van der Waals surface area contributed by atoms with Crippen LogP contribution in [0.5, 0.6) is 5.75 Å².